The standard InChI is InChI=1S/C15H17ClFN3/c1-15(2,3)12-8-13(18-4)20-14(19-12)9-5-6-11(17)10(16)7-9/h5-8H,1-4H3,(H,18,19,20). The van der Waals surface area contributed by atoms with Crippen LogP contribution in [0.4, 0.5) is 10.2 Å². The van der Waals surface area contributed by atoms with Crippen molar-refractivity contribution in [3.05, 3.63) is 40.8 Å². The molecule has 0 amide bonds. The maximum Gasteiger partial charge on any atom is 0.161 e. The van der Waals surface area contributed by atoms with Crippen molar-refractivity contribution < 1.29 is 4.39 Å². The van der Waals surface area contributed by atoms with Crippen molar-refractivity contribution in [1.29, 1.82) is 0 Å². The zero-order valence-corrected chi connectivity index (χ0v) is 12.7. The fourth-order valence-corrected chi connectivity index (χ4v) is 1.90. The van der Waals surface area contributed by atoms with Crippen LogP contribution in [0.1, 0.15) is 26.5 Å². The van der Waals surface area contributed by atoms with E-state index in [-0.39, 0.29) is 10.4 Å². The molecule has 0 aliphatic heterocycles. The highest BCUT2D eigenvalue weighted by atomic mass is 35.5. The van der Waals surface area contributed by atoms with Crippen LogP contribution in [0.5, 0.6) is 0 Å². The second-order valence-corrected chi connectivity index (χ2v) is 6.00. The van der Waals surface area contributed by atoms with Crippen molar-refractivity contribution in [3.8, 4) is 11.4 Å². The number of hydrogen-bond acceptors (Lipinski definition) is 3. The average molecular weight is 294 g/mol. The highest BCUT2D eigenvalue weighted by Gasteiger charge is 2.18. The van der Waals surface area contributed by atoms with Gasteiger partial charge in [-0.05, 0) is 18.2 Å². The molecule has 1 heterocycles. The van der Waals surface area contributed by atoms with Gasteiger partial charge in [-0.25, -0.2) is 14.4 Å². The van der Waals surface area contributed by atoms with Gasteiger partial charge in [-0.3, -0.25) is 0 Å². The lowest BCUT2D eigenvalue weighted by Crippen LogP contribution is -2.15. The lowest BCUT2D eigenvalue weighted by Gasteiger charge is -2.19. The molecule has 1 aromatic heterocycles. The Hall–Kier alpha value is -1.68. The van der Waals surface area contributed by atoms with E-state index in [0.29, 0.717) is 11.4 Å². The third kappa shape index (κ3) is 3.07. The molecule has 0 radical (unpaired) electrons. The molecule has 20 heavy (non-hydrogen) atoms. The van der Waals surface area contributed by atoms with E-state index in [4.69, 9.17) is 11.6 Å². The van der Waals surface area contributed by atoms with Crippen LogP contribution in [0, 0.1) is 5.82 Å². The fraction of sp³-hybridized carbons (Fsp3) is 0.333. The van der Waals surface area contributed by atoms with Gasteiger partial charge < -0.3 is 5.32 Å². The second-order valence-electron chi connectivity index (χ2n) is 5.59. The molecule has 0 atom stereocenters. The van der Waals surface area contributed by atoms with E-state index >= 15 is 0 Å². The maximum atomic E-state index is 13.2. The van der Waals surface area contributed by atoms with Crippen molar-refractivity contribution >= 4 is 17.4 Å². The molecule has 1 N–H and O–H groups in total. The van der Waals surface area contributed by atoms with Crippen molar-refractivity contribution in [2.24, 2.45) is 0 Å². The van der Waals surface area contributed by atoms with Crippen LogP contribution in [-0.4, -0.2) is 17.0 Å². The van der Waals surface area contributed by atoms with Crippen LogP contribution in [-0.2, 0) is 5.41 Å². The summed E-state index contributed by atoms with van der Waals surface area (Å²) in [5, 5.41) is 3.09. The number of rotatable bonds is 2. The van der Waals surface area contributed by atoms with Crippen LogP contribution in [0.15, 0.2) is 24.3 Å². The number of halogens is 2. The van der Waals surface area contributed by atoms with Crippen LogP contribution < -0.4 is 5.32 Å². The van der Waals surface area contributed by atoms with Crippen LogP contribution in [0.3, 0.4) is 0 Å². The summed E-state index contributed by atoms with van der Waals surface area (Å²) in [5.41, 5.74) is 1.50. The molecule has 0 aliphatic rings. The Labute approximate surface area is 123 Å². The van der Waals surface area contributed by atoms with E-state index < -0.39 is 5.82 Å². The molecular weight excluding hydrogens is 277 g/mol. The SMILES string of the molecule is CNc1cc(C(C)(C)C)nc(-c2ccc(F)c(Cl)c2)n1. The molecular formula is C15H17ClFN3. The molecule has 0 aliphatic carbocycles. The molecule has 0 unspecified atom stereocenters. The van der Waals surface area contributed by atoms with Gasteiger partial charge in [-0.1, -0.05) is 32.4 Å². The van der Waals surface area contributed by atoms with E-state index in [9.17, 15) is 4.39 Å². The first-order valence-corrected chi connectivity index (χ1v) is 6.72. The normalized spacial score (nSPS) is 11.5. The summed E-state index contributed by atoms with van der Waals surface area (Å²) in [7, 11) is 1.80. The van der Waals surface area contributed by atoms with Crippen molar-refractivity contribution in [2.45, 2.75) is 26.2 Å². The van der Waals surface area contributed by atoms with Crippen molar-refractivity contribution in [2.75, 3.05) is 12.4 Å². The molecule has 0 fully saturated rings. The minimum absolute atomic E-state index is 0.0678. The van der Waals surface area contributed by atoms with E-state index in [1.54, 1.807) is 13.1 Å². The Morgan fingerprint density at radius 3 is 2.40 bits per heavy atom. The predicted octanol–water partition coefficient (Wildman–Crippen LogP) is 4.28. The molecule has 5 heteroatoms. The van der Waals surface area contributed by atoms with Crippen LogP contribution in [0.2, 0.25) is 5.02 Å². The van der Waals surface area contributed by atoms with E-state index in [1.165, 1.54) is 12.1 Å². The van der Waals surface area contributed by atoms with Gasteiger partial charge in [-0.2, -0.15) is 0 Å². The Morgan fingerprint density at radius 2 is 1.85 bits per heavy atom. The summed E-state index contributed by atoms with van der Waals surface area (Å²) in [6.07, 6.45) is 0. The quantitative estimate of drug-likeness (QED) is 0.898. The monoisotopic (exact) mass is 293 g/mol. The largest absolute Gasteiger partial charge is 0.373 e. The lowest BCUT2D eigenvalue weighted by atomic mass is 9.92. The summed E-state index contributed by atoms with van der Waals surface area (Å²) < 4.78 is 13.2. The average Bonchev–Trinajstić information content (AvgIpc) is 2.40. The molecule has 0 saturated carbocycles. The van der Waals surface area contributed by atoms with E-state index in [0.717, 1.165) is 11.5 Å². The lowest BCUT2D eigenvalue weighted by molar-refractivity contribution is 0.568. The molecule has 0 bridgehead atoms. The number of nitrogens with one attached hydrogen (secondary N) is 1. The summed E-state index contributed by atoms with van der Waals surface area (Å²) in [6.45, 7) is 6.24. The van der Waals surface area contributed by atoms with Crippen molar-refractivity contribution in [3.63, 3.8) is 0 Å². The number of aromatic nitrogens is 2. The number of benzene rings is 1. The minimum Gasteiger partial charge on any atom is -0.373 e. The molecule has 106 valence electrons. The highest BCUT2D eigenvalue weighted by molar-refractivity contribution is 6.31. The molecule has 2 rings (SSSR count). The first-order valence-electron chi connectivity index (χ1n) is 6.34. The van der Waals surface area contributed by atoms with Gasteiger partial charge in [0.25, 0.3) is 0 Å². The summed E-state index contributed by atoms with van der Waals surface area (Å²) >= 11 is 5.82. The Morgan fingerprint density at radius 1 is 1.15 bits per heavy atom. The number of anilines is 1. The summed E-state index contributed by atoms with van der Waals surface area (Å²) in [6, 6.07) is 6.40. The number of nitrogens with zero attached hydrogens (tertiary/aromatic N) is 2. The van der Waals surface area contributed by atoms with Crippen molar-refractivity contribution in [1.82, 2.24) is 9.97 Å². The van der Waals surface area contributed by atoms with Gasteiger partial charge in [-0.15, -0.1) is 0 Å². The topological polar surface area (TPSA) is 37.8 Å². The molecule has 2 aromatic rings. The Bertz CT molecular complexity index is 636. The molecule has 3 nitrogen and oxygen atoms in total. The molecule has 1 aromatic carbocycles. The molecule has 0 spiro atoms. The number of hydrogen-bond donors (Lipinski definition) is 1. The van der Waals surface area contributed by atoms with Crippen LogP contribution >= 0.6 is 11.6 Å². The van der Waals surface area contributed by atoms with Gasteiger partial charge >= 0.3 is 0 Å². The van der Waals surface area contributed by atoms with Gasteiger partial charge in [0.05, 0.1) is 10.7 Å². The smallest absolute Gasteiger partial charge is 0.161 e. The first kappa shape index (κ1) is 14.7. The Kier molecular flexibility index (Phi) is 3.95. The zero-order chi connectivity index (χ0) is 14.9. The van der Waals surface area contributed by atoms with E-state index in [1.807, 2.05) is 6.07 Å². The van der Waals surface area contributed by atoms with Gasteiger partial charge in [0, 0.05) is 24.1 Å². The maximum absolute atomic E-state index is 13.2. The third-order valence-electron chi connectivity index (χ3n) is 2.93. The predicted molar refractivity (Wildman–Crippen MR) is 80.7 cm³/mol. The zero-order valence-electron chi connectivity index (χ0n) is 12.0. The highest BCUT2D eigenvalue weighted by Crippen LogP contribution is 2.27. The summed E-state index contributed by atoms with van der Waals surface area (Å²) in [4.78, 5) is 8.96. The molecule has 0 saturated heterocycles. The summed E-state index contributed by atoms with van der Waals surface area (Å²) in [5.74, 6) is 0.806. The van der Waals surface area contributed by atoms with Gasteiger partial charge in [0.1, 0.15) is 11.6 Å². The van der Waals surface area contributed by atoms with Gasteiger partial charge in [0.15, 0.2) is 5.82 Å². The third-order valence-corrected chi connectivity index (χ3v) is 3.22. The van der Waals surface area contributed by atoms with Gasteiger partial charge in [0.2, 0.25) is 0 Å². The van der Waals surface area contributed by atoms with Crippen LogP contribution in [0.25, 0.3) is 11.4 Å². The van der Waals surface area contributed by atoms with E-state index in [2.05, 4.69) is 36.1 Å². The minimum atomic E-state index is -0.448. The Balaban J connectivity index is 2.58. The second kappa shape index (κ2) is 5.37. The fourth-order valence-electron chi connectivity index (χ4n) is 1.72. The first-order chi connectivity index (χ1) is 9.31.